The molecule has 0 heterocycles. The number of carbonyl (C=O) groups excluding carboxylic acids is 1. The number of aliphatic carboxylic acids is 1. The van der Waals surface area contributed by atoms with Gasteiger partial charge in [-0.05, 0) is 79.3 Å². The second kappa shape index (κ2) is 11.0. The molecular formula is C25H22F6N2O3. The Morgan fingerprint density at radius 2 is 1.58 bits per heavy atom. The Morgan fingerprint density at radius 1 is 0.917 bits per heavy atom. The molecule has 0 bridgehead atoms. The van der Waals surface area contributed by atoms with Crippen molar-refractivity contribution in [1.82, 2.24) is 0 Å². The fourth-order valence-corrected chi connectivity index (χ4v) is 3.79. The molecule has 0 saturated heterocycles. The van der Waals surface area contributed by atoms with Crippen molar-refractivity contribution in [2.45, 2.75) is 50.9 Å². The number of unbranched alkanes of at least 4 members (excludes halogenated alkanes) is 2. The van der Waals surface area contributed by atoms with Gasteiger partial charge in [0.25, 0.3) is 0 Å². The average molecular weight is 512 g/mol. The van der Waals surface area contributed by atoms with E-state index < -0.39 is 35.2 Å². The molecule has 11 heteroatoms. The zero-order valence-electron chi connectivity index (χ0n) is 18.9. The summed E-state index contributed by atoms with van der Waals surface area (Å²) in [7, 11) is 0. The van der Waals surface area contributed by atoms with Crippen LogP contribution in [0.4, 0.5) is 32.0 Å². The molecular weight excluding hydrogens is 490 g/mol. The third-order valence-corrected chi connectivity index (χ3v) is 5.57. The zero-order chi connectivity index (χ0) is 26.5. The maximum atomic E-state index is 13.1. The molecule has 0 radical (unpaired) electrons. The van der Waals surface area contributed by atoms with Gasteiger partial charge in [-0.3, -0.25) is 9.59 Å². The van der Waals surface area contributed by atoms with Crippen LogP contribution >= 0.6 is 0 Å². The fraction of sp³-hybridized carbons (Fsp3) is 0.360. The van der Waals surface area contributed by atoms with E-state index in [2.05, 4.69) is 10.2 Å². The molecule has 0 saturated carbocycles. The summed E-state index contributed by atoms with van der Waals surface area (Å²) in [6.45, 7) is 0.416. The van der Waals surface area contributed by atoms with Crippen molar-refractivity contribution in [3.63, 3.8) is 0 Å². The Balaban J connectivity index is 1.75. The lowest BCUT2D eigenvalue weighted by Crippen LogP contribution is -2.14. The highest BCUT2D eigenvalue weighted by Crippen LogP contribution is 2.37. The van der Waals surface area contributed by atoms with E-state index in [-0.39, 0.29) is 30.0 Å². The monoisotopic (exact) mass is 512 g/mol. The molecule has 2 aromatic rings. The number of benzene rings is 2. The van der Waals surface area contributed by atoms with Crippen molar-refractivity contribution in [1.29, 1.82) is 0 Å². The molecule has 1 aliphatic carbocycles. The Labute approximate surface area is 202 Å². The molecule has 2 aromatic carbocycles. The molecule has 0 unspecified atom stereocenters. The van der Waals surface area contributed by atoms with E-state index in [4.69, 9.17) is 5.11 Å². The normalized spacial score (nSPS) is 15.5. The number of hydrogen-bond acceptors (Lipinski definition) is 4. The summed E-state index contributed by atoms with van der Waals surface area (Å²) in [6, 6.07) is 5.97. The number of aryl methyl sites for hydroxylation is 1. The van der Waals surface area contributed by atoms with Gasteiger partial charge in [0.2, 0.25) is 0 Å². The third-order valence-electron chi connectivity index (χ3n) is 5.57. The quantitative estimate of drug-likeness (QED) is 0.171. The number of carboxylic acids is 1. The molecule has 1 aliphatic rings. The van der Waals surface area contributed by atoms with E-state index in [1.54, 1.807) is 12.1 Å². The number of halogens is 6. The predicted molar refractivity (Wildman–Crippen MR) is 119 cm³/mol. The lowest BCUT2D eigenvalue weighted by molar-refractivity contribution is -0.143. The van der Waals surface area contributed by atoms with E-state index >= 15 is 0 Å². The predicted octanol–water partition coefficient (Wildman–Crippen LogP) is 7.67. The van der Waals surface area contributed by atoms with Crippen LogP contribution < -0.4 is 0 Å². The molecule has 36 heavy (non-hydrogen) atoms. The van der Waals surface area contributed by atoms with Gasteiger partial charge < -0.3 is 5.11 Å². The third kappa shape index (κ3) is 7.25. The standard InChI is InChI=1S/C25H22F6N2O3/c26-24(27,28)18-11-15(12-19(14-18)25(29,30)31)10-17-6-5-16-13-20(7-8-21(16)23(17)36)33-32-9-3-1-2-4-22(34)35/h7-8,10-14H,1-6,9H2,(H,34,35)/b17-10+,33-32?. The number of carboxylic acid groups (broad SMARTS) is 1. The first-order chi connectivity index (χ1) is 16.8. The first kappa shape index (κ1) is 27.1. The van der Waals surface area contributed by atoms with Gasteiger partial charge in [0.05, 0.1) is 23.4 Å². The molecule has 3 rings (SSSR count). The van der Waals surface area contributed by atoms with Gasteiger partial charge in [-0.15, -0.1) is 0 Å². The molecule has 0 aromatic heterocycles. The van der Waals surface area contributed by atoms with E-state index in [0.717, 1.165) is 6.08 Å². The molecule has 0 spiro atoms. The van der Waals surface area contributed by atoms with Crippen molar-refractivity contribution < 1.29 is 41.0 Å². The Kier molecular flexibility index (Phi) is 8.31. The Morgan fingerprint density at radius 3 is 2.19 bits per heavy atom. The minimum absolute atomic E-state index is 0.0478. The summed E-state index contributed by atoms with van der Waals surface area (Å²) >= 11 is 0. The average Bonchev–Trinajstić information content (AvgIpc) is 2.79. The molecule has 5 nitrogen and oxygen atoms in total. The Hall–Kier alpha value is -3.50. The fourth-order valence-electron chi connectivity index (χ4n) is 3.79. The van der Waals surface area contributed by atoms with Gasteiger partial charge >= 0.3 is 18.3 Å². The number of allylic oxidation sites excluding steroid dienone is 1. The first-order valence-corrected chi connectivity index (χ1v) is 11.1. The van der Waals surface area contributed by atoms with Crippen LogP contribution in [-0.4, -0.2) is 23.4 Å². The van der Waals surface area contributed by atoms with E-state index in [0.29, 0.717) is 61.2 Å². The summed E-state index contributed by atoms with van der Waals surface area (Å²) in [5.74, 6) is -1.32. The second-order valence-electron chi connectivity index (χ2n) is 8.35. The van der Waals surface area contributed by atoms with Crippen LogP contribution in [-0.2, 0) is 23.6 Å². The zero-order valence-corrected chi connectivity index (χ0v) is 18.9. The SMILES string of the molecule is O=C(O)CCCCCN=Nc1ccc2c(c1)CC/C(=C\c1cc(C(F)(F)F)cc(C(F)(F)F)c1)C2=O. The number of nitrogens with zero attached hydrogens (tertiary/aromatic N) is 2. The number of hydrogen-bond donors (Lipinski definition) is 1. The highest BCUT2D eigenvalue weighted by atomic mass is 19.4. The lowest BCUT2D eigenvalue weighted by Gasteiger charge is -2.18. The minimum atomic E-state index is -4.97. The van der Waals surface area contributed by atoms with Crippen molar-refractivity contribution in [3.8, 4) is 0 Å². The molecule has 0 amide bonds. The van der Waals surface area contributed by atoms with Crippen LogP contribution in [0.25, 0.3) is 6.08 Å². The van der Waals surface area contributed by atoms with E-state index in [1.807, 2.05) is 0 Å². The molecule has 0 fully saturated rings. The van der Waals surface area contributed by atoms with E-state index in [9.17, 15) is 35.9 Å². The van der Waals surface area contributed by atoms with Crippen molar-refractivity contribution in [3.05, 3.63) is 69.8 Å². The number of Topliss-reactive ketones (excluding diaryl/α,β-unsaturated/α-hetero) is 1. The largest absolute Gasteiger partial charge is 0.481 e. The van der Waals surface area contributed by atoms with Crippen LogP contribution in [0.1, 0.15) is 64.7 Å². The summed E-state index contributed by atoms with van der Waals surface area (Å²) in [5, 5.41) is 16.7. The first-order valence-electron chi connectivity index (χ1n) is 11.1. The summed E-state index contributed by atoms with van der Waals surface area (Å²) in [5.41, 5.74) is -1.64. The van der Waals surface area contributed by atoms with Crippen LogP contribution in [0.3, 0.4) is 0 Å². The van der Waals surface area contributed by atoms with Gasteiger partial charge in [-0.2, -0.15) is 36.6 Å². The van der Waals surface area contributed by atoms with Crippen LogP contribution in [0, 0.1) is 0 Å². The van der Waals surface area contributed by atoms with Gasteiger partial charge in [-0.1, -0.05) is 6.42 Å². The van der Waals surface area contributed by atoms with Gasteiger partial charge in [0, 0.05) is 17.6 Å². The number of alkyl halides is 6. The van der Waals surface area contributed by atoms with Crippen LogP contribution in [0.2, 0.25) is 0 Å². The highest BCUT2D eigenvalue weighted by Gasteiger charge is 2.37. The number of ketones is 1. The number of azo groups is 1. The van der Waals surface area contributed by atoms with Gasteiger partial charge in [0.1, 0.15) is 0 Å². The minimum Gasteiger partial charge on any atom is -0.481 e. The number of carbonyl (C=O) groups is 2. The number of fused-ring (bicyclic) bond motifs is 1. The maximum absolute atomic E-state index is 13.1. The van der Waals surface area contributed by atoms with Gasteiger partial charge in [-0.25, -0.2) is 0 Å². The molecule has 1 N–H and O–H groups in total. The molecule has 0 atom stereocenters. The molecule has 192 valence electrons. The smallest absolute Gasteiger partial charge is 0.416 e. The van der Waals surface area contributed by atoms with Crippen molar-refractivity contribution in [2.75, 3.05) is 6.54 Å². The van der Waals surface area contributed by atoms with Crippen LogP contribution in [0.15, 0.2) is 52.2 Å². The topological polar surface area (TPSA) is 79.1 Å². The summed E-state index contributed by atoms with van der Waals surface area (Å²) < 4.78 is 78.8. The Bertz CT molecular complexity index is 1170. The van der Waals surface area contributed by atoms with Crippen molar-refractivity contribution in [2.24, 2.45) is 10.2 Å². The van der Waals surface area contributed by atoms with Crippen molar-refractivity contribution >= 4 is 23.5 Å². The van der Waals surface area contributed by atoms with Gasteiger partial charge in [0.15, 0.2) is 5.78 Å². The maximum Gasteiger partial charge on any atom is 0.416 e. The van der Waals surface area contributed by atoms with E-state index in [1.165, 1.54) is 6.07 Å². The van der Waals surface area contributed by atoms with Crippen LogP contribution in [0.5, 0.6) is 0 Å². The second-order valence-corrected chi connectivity index (χ2v) is 8.35. The lowest BCUT2D eigenvalue weighted by atomic mass is 9.85. The summed E-state index contributed by atoms with van der Waals surface area (Å²) in [6.07, 6.45) is -6.32. The molecule has 0 aliphatic heterocycles. The number of rotatable bonds is 8. The summed E-state index contributed by atoms with van der Waals surface area (Å²) in [4.78, 5) is 23.4. The highest BCUT2D eigenvalue weighted by molar-refractivity contribution is 6.13.